The van der Waals surface area contributed by atoms with Gasteiger partial charge in [-0.05, 0) is 12.8 Å². The van der Waals surface area contributed by atoms with E-state index < -0.39 is 5.97 Å². The minimum atomic E-state index is -0.674. The van der Waals surface area contributed by atoms with Gasteiger partial charge in [0.1, 0.15) is 6.04 Å². The van der Waals surface area contributed by atoms with Gasteiger partial charge in [-0.25, -0.2) is 0 Å². The van der Waals surface area contributed by atoms with Gasteiger partial charge in [-0.15, -0.1) is 0 Å². The third-order valence-electron chi connectivity index (χ3n) is 2.89. The molecule has 1 unspecified atom stereocenters. The van der Waals surface area contributed by atoms with E-state index in [1.54, 1.807) is 0 Å². The van der Waals surface area contributed by atoms with Gasteiger partial charge in [0.15, 0.2) is 0 Å². The van der Waals surface area contributed by atoms with E-state index in [9.17, 15) is 4.79 Å². The van der Waals surface area contributed by atoms with Crippen LogP contribution < -0.4 is 5.32 Å². The van der Waals surface area contributed by atoms with Crippen LogP contribution in [0.5, 0.6) is 0 Å². The van der Waals surface area contributed by atoms with E-state index in [0.29, 0.717) is 0 Å². The maximum atomic E-state index is 10.6. The van der Waals surface area contributed by atoms with Crippen molar-refractivity contribution in [2.24, 2.45) is 0 Å². The molecular formula is C8H13NO2. The minimum absolute atomic E-state index is 0.0179. The Morgan fingerprint density at radius 1 is 1.36 bits per heavy atom. The molecule has 11 heavy (non-hydrogen) atoms. The zero-order chi connectivity index (χ0) is 7.90. The monoisotopic (exact) mass is 155 g/mol. The second kappa shape index (κ2) is 2.21. The highest BCUT2D eigenvalue weighted by Crippen LogP contribution is 2.40. The van der Waals surface area contributed by atoms with Gasteiger partial charge in [0.05, 0.1) is 0 Å². The molecule has 3 nitrogen and oxygen atoms in total. The summed E-state index contributed by atoms with van der Waals surface area (Å²) in [6.45, 7) is 0. The molecule has 1 saturated heterocycles. The van der Waals surface area contributed by atoms with Crippen molar-refractivity contribution in [1.29, 1.82) is 0 Å². The van der Waals surface area contributed by atoms with Gasteiger partial charge in [0, 0.05) is 5.54 Å². The van der Waals surface area contributed by atoms with E-state index in [1.807, 2.05) is 0 Å². The number of carboxylic acids is 1. The topological polar surface area (TPSA) is 59.2 Å². The zero-order valence-corrected chi connectivity index (χ0v) is 6.47. The van der Waals surface area contributed by atoms with Crippen molar-refractivity contribution < 1.29 is 9.90 Å². The van der Waals surface area contributed by atoms with Gasteiger partial charge in [-0.2, -0.15) is 0 Å². The fourth-order valence-electron chi connectivity index (χ4n) is 2.16. The fraction of sp³-hybridized carbons (Fsp3) is 0.875. The average Bonchev–Trinajstić information content (AvgIpc) is 2.66. The summed E-state index contributed by atoms with van der Waals surface area (Å²) in [7, 11) is 0. The predicted octanol–water partition coefficient (Wildman–Crippen LogP) is 0.746. The molecule has 0 bridgehead atoms. The molecule has 1 spiro atoms. The Morgan fingerprint density at radius 2 is 2.00 bits per heavy atom. The van der Waals surface area contributed by atoms with E-state index >= 15 is 0 Å². The average molecular weight is 155 g/mol. The van der Waals surface area contributed by atoms with Crippen molar-refractivity contribution in [3.63, 3.8) is 0 Å². The minimum Gasteiger partial charge on any atom is -0.480 e. The van der Waals surface area contributed by atoms with Gasteiger partial charge in [0.25, 0.3) is 0 Å². The number of aliphatic carboxylic acids is 1. The standard InChI is InChI=1S/C8H13NO2/c10-7(11)6-8(9-6)4-2-1-3-5-8/h6,9H,1-5H2,(H,10,11). The Bertz CT molecular complexity index is 185. The fourth-order valence-corrected chi connectivity index (χ4v) is 2.16. The highest BCUT2D eigenvalue weighted by Gasteiger charge is 2.57. The molecule has 2 fully saturated rings. The van der Waals surface area contributed by atoms with Crippen LogP contribution in [0, 0.1) is 0 Å². The molecule has 0 aromatic heterocycles. The number of hydrogen-bond acceptors (Lipinski definition) is 2. The molecule has 3 heteroatoms. The maximum absolute atomic E-state index is 10.6. The Hall–Kier alpha value is -0.570. The number of carboxylic acid groups (broad SMARTS) is 1. The van der Waals surface area contributed by atoms with Crippen molar-refractivity contribution in [3.05, 3.63) is 0 Å². The molecule has 1 heterocycles. The van der Waals surface area contributed by atoms with E-state index in [1.165, 1.54) is 19.3 Å². The van der Waals surface area contributed by atoms with Gasteiger partial charge in [-0.3, -0.25) is 10.1 Å². The Labute approximate surface area is 65.8 Å². The van der Waals surface area contributed by atoms with Crippen LogP contribution in [-0.2, 0) is 4.79 Å². The van der Waals surface area contributed by atoms with Crippen LogP contribution >= 0.6 is 0 Å². The first-order chi connectivity index (χ1) is 5.25. The summed E-state index contributed by atoms with van der Waals surface area (Å²) < 4.78 is 0. The molecule has 0 amide bonds. The largest absolute Gasteiger partial charge is 0.480 e. The number of nitrogens with one attached hydrogen (secondary N) is 1. The van der Waals surface area contributed by atoms with E-state index in [0.717, 1.165) is 12.8 Å². The summed E-state index contributed by atoms with van der Waals surface area (Å²) in [5, 5.41) is 11.8. The molecule has 2 aliphatic rings. The Balaban J connectivity index is 1.99. The van der Waals surface area contributed by atoms with E-state index in [-0.39, 0.29) is 11.6 Å². The molecule has 1 saturated carbocycles. The van der Waals surface area contributed by atoms with Gasteiger partial charge >= 0.3 is 5.97 Å². The maximum Gasteiger partial charge on any atom is 0.322 e. The highest BCUT2D eigenvalue weighted by atomic mass is 16.4. The molecule has 1 aliphatic heterocycles. The van der Waals surface area contributed by atoms with Gasteiger partial charge in [0.2, 0.25) is 0 Å². The van der Waals surface area contributed by atoms with Crippen LogP contribution in [0.3, 0.4) is 0 Å². The first kappa shape index (κ1) is 7.10. The van der Waals surface area contributed by atoms with Crippen molar-refractivity contribution in [2.75, 3.05) is 0 Å². The lowest BCUT2D eigenvalue weighted by atomic mass is 9.86. The predicted molar refractivity (Wildman–Crippen MR) is 40.4 cm³/mol. The summed E-state index contributed by atoms with van der Waals surface area (Å²) >= 11 is 0. The summed E-state index contributed by atoms with van der Waals surface area (Å²) in [4.78, 5) is 10.6. The number of rotatable bonds is 1. The lowest BCUT2D eigenvalue weighted by molar-refractivity contribution is -0.136. The van der Waals surface area contributed by atoms with Crippen LogP contribution in [0.4, 0.5) is 0 Å². The molecule has 1 aliphatic carbocycles. The first-order valence-corrected chi connectivity index (χ1v) is 4.25. The van der Waals surface area contributed by atoms with Gasteiger partial charge in [-0.1, -0.05) is 19.3 Å². The summed E-state index contributed by atoms with van der Waals surface area (Å²) in [5.41, 5.74) is 0.0179. The summed E-state index contributed by atoms with van der Waals surface area (Å²) in [6.07, 6.45) is 5.78. The van der Waals surface area contributed by atoms with Crippen molar-refractivity contribution in [1.82, 2.24) is 5.32 Å². The van der Waals surface area contributed by atoms with Crippen molar-refractivity contribution in [3.8, 4) is 0 Å². The lowest BCUT2D eigenvalue weighted by Crippen LogP contribution is -2.23. The van der Waals surface area contributed by atoms with Crippen LogP contribution in [0.25, 0.3) is 0 Å². The molecule has 62 valence electrons. The van der Waals surface area contributed by atoms with Crippen LogP contribution in [0.2, 0.25) is 0 Å². The third-order valence-corrected chi connectivity index (χ3v) is 2.89. The van der Waals surface area contributed by atoms with Gasteiger partial charge < -0.3 is 5.11 Å². The van der Waals surface area contributed by atoms with E-state index in [4.69, 9.17) is 5.11 Å². The second-order valence-corrected chi connectivity index (χ2v) is 3.63. The van der Waals surface area contributed by atoms with Crippen LogP contribution in [0.15, 0.2) is 0 Å². The van der Waals surface area contributed by atoms with E-state index in [2.05, 4.69) is 5.32 Å². The molecule has 2 rings (SSSR count). The zero-order valence-electron chi connectivity index (χ0n) is 6.47. The van der Waals surface area contributed by atoms with Crippen LogP contribution in [-0.4, -0.2) is 22.7 Å². The first-order valence-electron chi connectivity index (χ1n) is 4.25. The number of hydrogen-bond donors (Lipinski definition) is 2. The van der Waals surface area contributed by atoms with Crippen molar-refractivity contribution >= 4 is 5.97 Å². The highest BCUT2D eigenvalue weighted by molar-refractivity contribution is 5.79. The quantitative estimate of drug-likeness (QED) is 0.549. The number of carbonyl (C=O) groups is 1. The normalized spacial score (nSPS) is 33.6. The summed E-state index contributed by atoms with van der Waals surface area (Å²) in [6, 6.07) is -0.234. The lowest BCUT2D eigenvalue weighted by Gasteiger charge is -2.19. The summed E-state index contributed by atoms with van der Waals surface area (Å²) in [5.74, 6) is -0.674. The molecule has 0 aromatic carbocycles. The smallest absolute Gasteiger partial charge is 0.322 e. The van der Waals surface area contributed by atoms with Crippen molar-refractivity contribution in [2.45, 2.75) is 43.7 Å². The second-order valence-electron chi connectivity index (χ2n) is 3.63. The molecule has 0 aromatic rings. The molecule has 1 atom stereocenters. The molecular weight excluding hydrogens is 142 g/mol. The third kappa shape index (κ3) is 1.03. The molecule has 0 radical (unpaired) electrons. The van der Waals surface area contributed by atoms with Crippen LogP contribution in [0.1, 0.15) is 32.1 Å². The SMILES string of the molecule is O=C(O)C1NC12CCCCC2. The Kier molecular flexibility index (Phi) is 1.42. The molecule has 2 N–H and O–H groups in total. The Morgan fingerprint density at radius 3 is 2.45 bits per heavy atom.